The van der Waals surface area contributed by atoms with Crippen LogP contribution in [-0.4, -0.2) is 51.1 Å². The number of nitrogens with zero attached hydrogens (tertiary/aromatic N) is 4. The first-order chi connectivity index (χ1) is 15.0. The number of aromatic amines is 1. The first-order valence-electron chi connectivity index (χ1n) is 9.78. The number of aromatic nitrogens is 3. The number of hydrogen-bond donors (Lipinski definition) is 2. The van der Waals surface area contributed by atoms with Gasteiger partial charge in [-0.15, -0.1) is 0 Å². The van der Waals surface area contributed by atoms with E-state index in [0.29, 0.717) is 41.0 Å². The highest BCUT2D eigenvalue weighted by Gasteiger charge is 2.25. The van der Waals surface area contributed by atoms with Gasteiger partial charge in [0, 0.05) is 38.4 Å². The van der Waals surface area contributed by atoms with Gasteiger partial charge in [0.05, 0.1) is 22.8 Å². The van der Waals surface area contributed by atoms with Gasteiger partial charge in [-0.25, -0.2) is 9.67 Å². The SMILES string of the molecule is CN1CCC(NC(=O)c2ccc(-n3[nH]cc(-c4ccc(C#N)cc4)c3=O)nc2)CC1=O. The van der Waals surface area contributed by atoms with Crippen LogP contribution < -0.4 is 10.9 Å². The number of carbonyl (C=O) groups excluding carboxylic acids is 2. The van der Waals surface area contributed by atoms with Crippen LogP contribution in [0.1, 0.15) is 28.8 Å². The molecule has 4 rings (SSSR count). The molecule has 0 radical (unpaired) electrons. The van der Waals surface area contributed by atoms with E-state index in [4.69, 9.17) is 5.26 Å². The minimum Gasteiger partial charge on any atom is -0.349 e. The molecule has 3 aromatic rings. The molecule has 1 fully saturated rings. The summed E-state index contributed by atoms with van der Waals surface area (Å²) in [6.07, 6.45) is 3.96. The van der Waals surface area contributed by atoms with Crippen LogP contribution in [0.5, 0.6) is 0 Å². The van der Waals surface area contributed by atoms with Gasteiger partial charge in [0.1, 0.15) is 0 Å². The van der Waals surface area contributed by atoms with Gasteiger partial charge < -0.3 is 10.2 Å². The normalized spacial score (nSPS) is 16.1. The summed E-state index contributed by atoms with van der Waals surface area (Å²) in [6, 6.07) is 11.7. The molecule has 1 aliphatic rings. The quantitative estimate of drug-likeness (QED) is 0.666. The van der Waals surface area contributed by atoms with Crippen LogP contribution >= 0.6 is 0 Å². The van der Waals surface area contributed by atoms with E-state index in [0.717, 1.165) is 0 Å². The topological polar surface area (TPSA) is 124 Å². The molecule has 156 valence electrons. The molecule has 1 aromatic carbocycles. The van der Waals surface area contributed by atoms with Crippen LogP contribution in [0, 0.1) is 11.3 Å². The van der Waals surface area contributed by atoms with Crippen molar-refractivity contribution in [3.8, 4) is 23.0 Å². The summed E-state index contributed by atoms with van der Waals surface area (Å²) in [5.41, 5.74) is 1.70. The molecule has 1 saturated heterocycles. The maximum atomic E-state index is 12.8. The van der Waals surface area contributed by atoms with Crippen molar-refractivity contribution in [3.05, 3.63) is 70.3 Å². The van der Waals surface area contributed by atoms with E-state index < -0.39 is 0 Å². The Morgan fingerprint density at radius 3 is 2.65 bits per heavy atom. The number of nitriles is 1. The number of H-pyrrole nitrogens is 1. The summed E-state index contributed by atoms with van der Waals surface area (Å²) < 4.78 is 1.28. The third-order valence-electron chi connectivity index (χ3n) is 5.33. The second kappa shape index (κ2) is 8.28. The predicted octanol–water partition coefficient (Wildman–Crippen LogP) is 1.45. The summed E-state index contributed by atoms with van der Waals surface area (Å²) in [6.45, 7) is 0.609. The minimum atomic E-state index is -0.307. The minimum absolute atomic E-state index is 0.00853. The number of benzene rings is 1. The van der Waals surface area contributed by atoms with Gasteiger partial charge in [0.2, 0.25) is 5.91 Å². The number of amides is 2. The maximum Gasteiger partial charge on any atom is 0.280 e. The third-order valence-corrected chi connectivity index (χ3v) is 5.33. The van der Waals surface area contributed by atoms with Crippen molar-refractivity contribution in [1.82, 2.24) is 25.0 Å². The molecule has 9 nitrogen and oxygen atoms in total. The van der Waals surface area contributed by atoms with Gasteiger partial charge in [0.15, 0.2) is 5.82 Å². The molecule has 3 heterocycles. The number of pyridine rings is 1. The van der Waals surface area contributed by atoms with Crippen molar-refractivity contribution in [2.75, 3.05) is 13.6 Å². The van der Waals surface area contributed by atoms with Crippen LogP contribution in [0.4, 0.5) is 0 Å². The van der Waals surface area contributed by atoms with Gasteiger partial charge in [-0.2, -0.15) is 5.26 Å². The molecule has 2 amide bonds. The van der Waals surface area contributed by atoms with Crippen LogP contribution in [0.15, 0.2) is 53.6 Å². The average Bonchev–Trinajstić information content (AvgIpc) is 3.17. The summed E-state index contributed by atoms with van der Waals surface area (Å²) in [7, 11) is 1.75. The molecule has 0 aliphatic carbocycles. The van der Waals surface area contributed by atoms with E-state index in [1.807, 2.05) is 6.07 Å². The lowest BCUT2D eigenvalue weighted by atomic mass is 10.0. The Kier molecular flexibility index (Phi) is 5.37. The molecule has 1 aliphatic heterocycles. The Balaban J connectivity index is 1.49. The zero-order valence-electron chi connectivity index (χ0n) is 16.8. The summed E-state index contributed by atoms with van der Waals surface area (Å²) >= 11 is 0. The van der Waals surface area contributed by atoms with Gasteiger partial charge in [-0.3, -0.25) is 19.5 Å². The van der Waals surface area contributed by atoms with Crippen molar-refractivity contribution >= 4 is 11.8 Å². The number of nitrogens with one attached hydrogen (secondary N) is 2. The Hall–Kier alpha value is -4.19. The highest BCUT2D eigenvalue weighted by Crippen LogP contribution is 2.16. The molecular formula is C22H20N6O3. The smallest absolute Gasteiger partial charge is 0.280 e. The maximum absolute atomic E-state index is 12.8. The van der Waals surface area contributed by atoms with Gasteiger partial charge in [0.25, 0.3) is 11.5 Å². The molecular weight excluding hydrogens is 396 g/mol. The van der Waals surface area contributed by atoms with Crippen molar-refractivity contribution in [2.45, 2.75) is 18.9 Å². The highest BCUT2D eigenvalue weighted by atomic mass is 16.2. The van der Waals surface area contributed by atoms with Crippen LogP contribution in [0.25, 0.3) is 16.9 Å². The summed E-state index contributed by atoms with van der Waals surface area (Å²) in [5.74, 6) is 0.0450. The Bertz CT molecular complexity index is 1220. The van der Waals surface area contributed by atoms with Gasteiger partial charge >= 0.3 is 0 Å². The first-order valence-corrected chi connectivity index (χ1v) is 9.78. The number of hydrogen-bond acceptors (Lipinski definition) is 5. The average molecular weight is 416 g/mol. The predicted molar refractivity (Wildman–Crippen MR) is 112 cm³/mol. The molecule has 2 N–H and O–H groups in total. The third kappa shape index (κ3) is 4.09. The number of piperidine rings is 1. The van der Waals surface area contributed by atoms with E-state index in [-0.39, 0.29) is 29.8 Å². The van der Waals surface area contributed by atoms with Crippen LogP contribution in [0.3, 0.4) is 0 Å². The summed E-state index contributed by atoms with van der Waals surface area (Å²) in [5, 5.41) is 14.6. The molecule has 2 aromatic heterocycles. The molecule has 0 bridgehead atoms. The molecule has 1 unspecified atom stereocenters. The van der Waals surface area contributed by atoms with Crippen LogP contribution in [0.2, 0.25) is 0 Å². The van der Waals surface area contributed by atoms with E-state index in [9.17, 15) is 14.4 Å². The molecule has 1 atom stereocenters. The van der Waals surface area contributed by atoms with E-state index in [1.54, 1.807) is 54.5 Å². The van der Waals surface area contributed by atoms with Crippen molar-refractivity contribution in [2.24, 2.45) is 0 Å². The lowest BCUT2D eigenvalue weighted by Crippen LogP contribution is -2.46. The van der Waals surface area contributed by atoms with E-state index >= 15 is 0 Å². The van der Waals surface area contributed by atoms with Gasteiger partial charge in [-0.1, -0.05) is 12.1 Å². The van der Waals surface area contributed by atoms with Crippen molar-refractivity contribution in [3.63, 3.8) is 0 Å². The summed E-state index contributed by atoms with van der Waals surface area (Å²) in [4.78, 5) is 43.0. The van der Waals surface area contributed by atoms with E-state index in [1.165, 1.54) is 10.9 Å². The fourth-order valence-electron chi connectivity index (χ4n) is 3.46. The van der Waals surface area contributed by atoms with Crippen molar-refractivity contribution < 1.29 is 9.59 Å². The lowest BCUT2D eigenvalue weighted by molar-refractivity contribution is -0.132. The second-order valence-electron chi connectivity index (χ2n) is 7.40. The largest absolute Gasteiger partial charge is 0.349 e. The monoisotopic (exact) mass is 416 g/mol. The van der Waals surface area contributed by atoms with Gasteiger partial charge in [-0.05, 0) is 36.2 Å². The molecule has 9 heteroatoms. The first kappa shape index (κ1) is 20.1. The molecule has 31 heavy (non-hydrogen) atoms. The standard InChI is InChI=1S/C22H20N6O3/c1-27-9-8-17(10-20(27)29)26-21(30)16-6-7-19(24-12-16)28-22(31)18(13-25-28)15-4-2-14(11-23)3-5-15/h2-7,12-13,17,25H,8-10H2,1H3,(H,26,30). The van der Waals surface area contributed by atoms with Crippen LogP contribution in [-0.2, 0) is 4.79 Å². The Labute approximate surface area is 177 Å². The number of carbonyl (C=O) groups is 2. The fourth-order valence-corrected chi connectivity index (χ4v) is 3.46. The van der Waals surface area contributed by atoms with Crippen molar-refractivity contribution in [1.29, 1.82) is 5.26 Å². The fraction of sp³-hybridized carbons (Fsp3) is 0.227. The Morgan fingerprint density at radius 2 is 2.00 bits per heavy atom. The molecule has 0 spiro atoms. The second-order valence-corrected chi connectivity index (χ2v) is 7.40. The number of likely N-dealkylation sites (tertiary alicyclic amines) is 1. The Morgan fingerprint density at radius 1 is 1.23 bits per heavy atom. The van der Waals surface area contributed by atoms with E-state index in [2.05, 4.69) is 15.4 Å². The zero-order chi connectivity index (χ0) is 22.0. The lowest BCUT2D eigenvalue weighted by Gasteiger charge is -2.29. The highest BCUT2D eigenvalue weighted by molar-refractivity contribution is 5.94. The zero-order valence-corrected chi connectivity index (χ0v) is 16.8. The molecule has 0 saturated carbocycles. The number of rotatable bonds is 4.